The Morgan fingerprint density at radius 3 is 2.29 bits per heavy atom. The standard InChI is InChI=1S/C24H22Cl2N2O5S/c1-16-5-8-18(9-6-16)34(30,31)28(14-19-20(25)3-2-4-21(19)26)15-24(29)27-17-7-10-22-23(13-17)33-12-11-32-22/h2-10,13H,11-12,14-15H2,1H3,(H,27,29). The minimum Gasteiger partial charge on any atom is -0.486 e. The Morgan fingerprint density at radius 2 is 1.62 bits per heavy atom. The van der Waals surface area contributed by atoms with Crippen molar-refractivity contribution in [3.8, 4) is 11.5 Å². The topological polar surface area (TPSA) is 84.9 Å². The lowest BCUT2D eigenvalue weighted by atomic mass is 10.2. The van der Waals surface area contributed by atoms with Crippen molar-refractivity contribution in [2.45, 2.75) is 18.4 Å². The van der Waals surface area contributed by atoms with Crippen molar-refractivity contribution in [2.24, 2.45) is 0 Å². The van der Waals surface area contributed by atoms with Crippen molar-refractivity contribution in [1.82, 2.24) is 4.31 Å². The van der Waals surface area contributed by atoms with E-state index in [9.17, 15) is 13.2 Å². The zero-order valence-electron chi connectivity index (χ0n) is 18.3. The lowest BCUT2D eigenvalue weighted by Gasteiger charge is -2.23. The first kappa shape index (κ1) is 24.3. The van der Waals surface area contributed by atoms with Gasteiger partial charge in [-0.15, -0.1) is 0 Å². The summed E-state index contributed by atoms with van der Waals surface area (Å²) in [5.41, 5.74) is 1.78. The van der Waals surface area contributed by atoms with E-state index in [2.05, 4.69) is 5.32 Å². The van der Waals surface area contributed by atoms with E-state index >= 15 is 0 Å². The minimum absolute atomic E-state index is 0.0633. The number of fused-ring (bicyclic) bond motifs is 1. The summed E-state index contributed by atoms with van der Waals surface area (Å²) in [6.45, 7) is 2.09. The Morgan fingerprint density at radius 1 is 0.971 bits per heavy atom. The summed E-state index contributed by atoms with van der Waals surface area (Å²) < 4.78 is 39.0. The Balaban J connectivity index is 1.61. The highest BCUT2D eigenvalue weighted by molar-refractivity contribution is 7.89. The number of carbonyl (C=O) groups is 1. The van der Waals surface area contributed by atoms with Crippen LogP contribution in [0.1, 0.15) is 11.1 Å². The molecule has 0 saturated heterocycles. The molecule has 0 aliphatic carbocycles. The van der Waals surface area contributed by atoms with Crippen LogP contribution in [-0.2, 0) is 21.4 Å². The van der Waals surface area contributed by atoms with Gasteiger partial charge in [0.25, 0.3) is 0 Å². The van der Waals surface area contributed by atoms with Gasteiger partial charge in [-0.25, -0.2) is 8.42 Å². The van der Waals surface area contributed by atoms with Gasteiger partial charge in [0.2, 0.25) is 15.9 Å². The largest absolute Gasteiger partial charge is 0.486 e. The van der Waals surface area contributed by atoms with Gasteiger partial charge in [0.05, 0.1) is 11.4 Å². The third-order valence-corrected chi connectivity index (χ3v) is 7.71. The number of aryl methyl sites for hydroxylation is 1. The number of ether oxygens (including phenoxy) is 2. The maximum absolute atomic E-state index is 13.5. The van der Waals surface area contributed by atoms with Gasteiger partial charge in [-0.2, -0.15) is 4.31 Å². The smallest absolute Gasteiger partial charge is 0.243 e. The zero-order valence-corrected chi connectivity index (χ0v) is 20.6. The predicted octanol–water partition coefficient (Wildman–Crippen LogP) is 4.90. The Labute approximate surface area is 208 Å². The molecule has 1 aliphatic rings. The molecule has 1 heterocycles. The highest BCUT2D eigenvalue weighted by Gasteiger charge is 2.28. The first-order valence-electron chi connectivity index (χ1n) is 10.4. The molecule has 10 heteroatoms. The maximum Gasteiger partial charge on any atom is 0.243 e. The fourth-order valence-electron chi connectivity index (χ4n) is 3.43. The molecular formula is C24H22Cl2N2O5S. The molecule has 178 valence electrons. The molecule has 0 bridgehead atoms. The summed E-state index contributed by atoms with van der Waals surface area (Å²) in [7, 11) is -4.04. The maximum atomic E-state index is 13.5. The van der Waals surface area contributed by atoms with Gasteiger partial charge in [0, 0.05) is 33.9 Å². The number of hydrogen-bond acceptors (Lipinski definition) is 5. The SMILES string of the molecule is Cc1ccc(S(=O)(=O)N(CC(=O)Nc2ccc3c(c2)OCCO3)Cc2c(Cl)cccc2Cl)cc1. The average molecular weight is 521 g/mol. The third kappa shape index (κ3) is 5.47. The van der Waals surface area contributed by atoms with E-state index in [1.165, 1.54) is 12.1 Å². The van der Waals surface area contributed by atoms with Crippen LogP contribution in [0.15, 0.2) is 65.6 Å². The Kier molecular flexibility index (Phi) is 7.33. The van der Waals surface area contributed by atoms with E-state index in [1.54, 1.807) is 48.5 Å². The van der Waals surface area contributed by atoms with Crippen molar-refractivity contribution >= 4 is 44.8 Å². The van der Waals surface area contributed by atoms with E-state index in [1.807, 2.05) is 6.92 Å². The normalized spacial score (nSPS) is 13.1. The zero-order chi connectivity index (χ0) is 24.3. The number of carbonyl (C=O) groups excluding carboxylic acids is 1. The third-order valence-electron chi connectivity index (χ3n) is 5.20. The Bertz CT molecular complexity index is 1290. The Hall–Kier alpha value is -2.78. The molecule has 0 saturated carbocycles. The van der Waals surface area contributed by atoms with Crippen LogP contribution in [0.5, 0.6) is 11.5 Å². The van der Waals surface area contributed by atoms with Crippen LogP contribution in [0.4, 0.5) is 5.69 Å². The van der Waals surface area contributed by atoms with E-state index in [0.29, 0.717) is 46.0 Å². The molecule has 1 amide bonds. The average Bonchev–Trinajstić information content (AvgIpc) is 2.81. The summed E-state index contributed by atoms with van der Waals surface area (Å²) >= 11 is 12.6. The fourth-order valence-corrected chi connectivity index (χ4v) is 5.31. The van der Waals surface area contributed by atoms with Crippen LogP contribution in [0, 0.1) is 6.92 Å². The first-order valence-corrected chi connectivity index (χ1v) is 12.6. The number of hydrogen-bond donors (Lipinski definition) is 1. The number of halogens is 2. The summed E-state index contributed by atoms with van der Waals surface area (Å²) in [4.78, 5) is 13.0. The molecular weight excluding hydrogens is 499 g/mol. The number of amides is 1. The second-order valence-corrected chi connectivity index (χ2v) is 10.4. The predicted molar refractivity (Wildman–Crippen MR) is 131 cm³/mol. The molecule has 0 aromatic heterocycles. The summed E-state index contributed by atoms with van der Waals surface area (Å²) in [6.07, 6.45) is 0. The van der Waals surface area contributed by atoms with E-state index in [0.717, 1.165) is 9.87 Å². The van der Waals surface area contributed by atoms with Gasteiger partial charge < -0.3 is 14.8 Å². The highest BCUT2D eigenvalue weighted by Crippen LogP contribution is 2.33. The quantitative estimate of drug-likeness (QED) is 0.478. The van der Waals surface area contributed by atoms with Gasteiger partial charge in [-0.1, -0.05) is 47.0 Å². The number of nitrogens with one attached hydrogen (secondary N) is 1. The van der Waals surface area contributed by atoms with E-state index in [-0.39, 0.29) is 11.4 Å². The number of rotatable bonds is 7. The van der Waals surface area contributed by atoms with Gasteiger partial charge in [0.1, 0.15) is 13.2 Å². The van der Waals surface area contributed by atoms with E-state index < -0.39 is 22.5 Å². The van der Waals surface area contributed by atoms with Crippen molar-refractivity contribution in [3.63, 3.8) is 0 Å². The highest BCUT2D eigenvalue weighted by atomic mass is 35.5. The molecule has 4 rings (SSSR count). The molecule has 0 fully saturated rings. The summed E-state index contributed by atoms with van der Waals surface area (Å²) in [5.74, 6) is 0.563. The number of sulfonamides is 1. The molecule has 34 heavy (non-hydrogen) atoms. The van der Waals surface area contributed by atoms with Crippen LogP contribution in [0.3, 0.4) is 0 Å². The van der Waals surface area contributed by atoms with Crippen molar-refractivity contribution in [2.75, 3.05) is 25.1 Å². The lowest BCUT2D eigenvalue weighted by Crippen LogP contribution is -2.37. The summed E-state index contributed by atoms with van der Waals surface area (Å²) in [6, 6.07) is 16.3. The molecule has 3 aromatic rings. The second-order valence-electron chi connectivity index (χ2n) is 7.69. The lowest BCUT2D eigenvalue weighted by molar-refractivity contribution is -0.116. The molecule has 0 atom stereocenters. The molecule has 0 radical (unpaired) electrons. The first-order chi connectivity index (χ1) is 16.2. The molecule has 1 N–H and O–H groups in total. The van der Waals surface area contributed by atoms with Crippen molar-refractivity contribution < 1.29 is 22.7 Å². The van der Waals surface area contributed by atoms with Crippen LogP contribution < -0.4 is 14.8 Å². The second kappa shape index (κ2) is 10.2. The summed E-state index contributed by atoms with van der Waals surface area (Å²) in [5, 5.41) is 3.34. The molecule has 0 unspecified atom stereocenters. The van der Waals surface area contributed by atoms with Crippen LogP contribution in [-0.4, -0.2) is 38.4 Å². The van der Waals surface area contributed by atoms with Crippen LogP contribution >= 0.6 is 23.2 Å². The van der Waals surface area contributed by atoms with Gasteiger partial charge in [-0.05, 0) is 43.3 Å². The van der Waals surface area contributed by atoms with Gasteiger partial charge in [0.15, 0.2) is 11.5 Å². The molecule has 1 aliphatic heterocycles. The molecule has 3 aromatic carbocycles. The fraction of sp³-hybridized carbons (Fsp3) is 0.208. The van der Waals surface area contributed by atoms with Crippen LogP contribution in [0.25, 0.3) is 0 Å². The van der Waals surface area contributed by atoms with Gasteiger partial charge in [-0.3, -0.25) is 4.79 Å². The minimum atomic E-state index is -4.04. The van der Waals surface area contributed by atoms with Gasteiger partial charge >= 0.3 is 0 Å². The molecule has 7 nitrogen and oxygen atoms in total. The van der Waals surface area contributed by atoms with Crippen molar-refractivity contribution in [3.05, 3.63) is 81.8 Å². The monoisotopic (exact) mass is 520 g/mol. The van der Waals surface area contributed by atoms with Crippen LogP contribution in [0.2, 0.25) is 10.0 Å². The number of nitrogens with zero attached hydrogens (tertiary/aromatic N) is 1. The molecule has 0 spiro atoms. The number of anilines is 1. The van der Waals surface area contributed by atoms with E-state index in [4.69, 9.17) is 32.7 Å². The number of benzene rings is 3. The van der Waals surface area contributed by atoms with Crippen molar-refractivity contribution in [1.29, 1.82) is 0 Å².